The number of nitrogen functional groups attached to an aromatic ring is 1. The molecule has 4 heteroatoms. The summed E-state index contributed by atoms with van der Waals surface area (Å²) in [5.41, 5.74) is 5.45. The average molecular weight is 218 g/mol. The number of hydrogen-bond acceptors (Lipinski definition) is 4. The van der Waals surface area contributed by atoms with Gasteiger partial charge in [0.1, 0.15) is 0 Å². The number of nitriles is 1. The van der Waals surface area contributed by atoms with Gasteiger partial charge in [0.05, 0.1) is 12.7 Å². The van der Waals surface area contributed by atoms with Gasteiger partial charge in [-0.25, -0.2) is 4.79 Å². The van der Waals surface area contributed by atoms with Crippen LogP contribution in [0.3, 0.4) is 0 Å². The Kier molecular flexibility index (Phi) is 3.51. The Labute approximate surface area is 94.6 Å². The molecule has 16 heavy (non-hydrogen) atoms. The molecule has 0 spiro atoms. The molecule has 1 unspecified atom stereocenters. The molecule has 0 saturated carbocycles. The first-order valence-electron chi connectivity index (χ1n) is 4.99. The molecule has 0 bridgehead atoms. The Morgan fingerprint density at radius 2 is 2.06 bits per heavy atom. The fourth-order valence-electron chi connectivity index (χ4n) is 1.32. The summed E-state index contributed by atoms with van der Waals surface area (Å²) >= 11 is 0. The number of esters is 1. The highest BCUT2D eigenvalue weighted by atomic mass is 16.5. The van der Waals surface area contributed by atoms with Gasteiger partial charge in [-0.2, -0.15) is 5.26 Å². The number of carbonyl (C=O) groups is 1. The summed E-state index contributed by atoms with van der Waals surface area (Å²) in [6.07, 6.45) is 0. The predicted octanol–water partition coefficient (Wildman–Crippen LogP) is 1.61. The van der Waals surface area contributed by atoms with Crippen LogP contribution in [0.4, 0.5) is 5.69 Å². The maximum Gasteiger partial charge on any atom is 0.330 e. The van der Waals surface area contributed by atoms with Gasteiger partial charge in [-0.15, -0.1) is 0 Å². The molecular formula is C12H14N2O2. The van der Waals surface area contributed by atoms with E-state index < -0.39 is 11.4 Å². The van der Waals surface area contributed by atoms with Crippen molar-refractivity contribution in [3.05, 3.63) is 29.8 Å². The minimum atomic E-state index is -1.27. The van der Waals surface area contributed by atoms with Crippen molar-refractivity contribution in [2.24, 2.45) is 0 Å². The van der Waals surface area contributed by atoms with Crippen LogP contribution in [0.15, 0.2) is 24.3 Å². The van der Waals surface area contributed by atoms with Crippen molar-refractivity contribution in [2.45, 2.75) is 19.3 Å². The number of anilines is 1. The summed E-state index contributed by atoms with van der Waals surface area (Å²) in [7, 11) is 0. The summed E-state index contributed by atoms with van der Waals surface area (Å²) in [6, 6.07) is 8.62. The number of hydrogen-bond donors (Lipinski definition) is 1. The maximum atomic E-state index is 11.7. The summed E-state index contributed by atoms with van der Waals surface area (Å²) in [4.78, 5) is 11.7. The first-order valence-corrected chi connectivity index (χ1v) is 4.99. The lowest BCUT2D eigenvalue weighted by Crippen LogP contribution is -2.32. The zero-order chi connectivity index (χ0) is 12.2. The monoisotopic (exact) mass is 218 g/mol. The largest absolute Gasteiger partial charge is 0.465 e. The molecule has 1 atom stereocenters. The molecule has 1 aromatic rings. The summed E-state index contributed by atoms with van der Waals surface area (Å²) in [5.74, 6) is -0.540. The molecule has 4 nitrogen and oxygen atoms in total. The Balaban J connectivity index is 3.10. The van der Waals surface area contributed by atoms with Gasteiger partial charge >= 0.3 is 5.97 Å². The van der Waals surface area contributed by atoms with E-state index in [4.69, 9.17) is 15.7 Å². The van der Waals surface area contributed by atoms with Crippen LogP contribution in [-0.4, -0.2) is 12.6 Å². The third-order valence-corrected chi connectivity index (χ3v) is 2.40. The Morgan fingerprint density at radius 1 is 1.50 bits per heavy atom. The van der Waals surface area contributed by atoms with Crippen LogP contribution in [0.1, 0.15) is 19.4 Å². The SMILES string of the molecule is CCOC(=O)C(C)(C#N)c1ccc(N)cc1. The van der Waals surface area contributed by atoms with Gasteiger partial charge in [-0.1, -0.05) is 12.1 Å². The third kappa shape index (κ3) is 2.14. The highest BCUT2D eigenvalue weighted by molar-refractivity contribution is 5.86. The first kappa shape index (κ1) is 12.1. The molecule has 1 rings (SSSR count). The Bertz CT molecular complexity index is 420. The minimum absolute atomic E-state index is 0.255. The lowest BCUT2D eigenvalue weighted by atomic mass is 9.84. The van der Waals surface area contributed by atoms with Gasteiger partial charge in [0.15, 0.2) is 5.41 Å². The van der Waals surface area contributed by atoms with Gasteiger partial charge in [0.2, 0.25) is 0 Å². The molecule has 0 amide bonds. The van der Waals surface area contributed by atoms with E-state index in [-0.39, 0.29) is 6.61 Å². The average Bonchev–Trinajstić information content (AvgIpc) is 2.29. The number of ether oxygens (including phenoxy) is 1. The maximum absolute atomic E-state index is 11.7. The van der Waals surface area contributed by atoms with Crippen LogP contribution in [0.25, 0.3) is 0 Å². The van der Waals surface area contributed by atoms with Crippen molar-refractivity contribution in [3.63, 3.8) is 0 Å². The molecular weight excluding hydrogens is 204 g/mol. The van der Waals surface area contributed by atoms with Crippen molar-refractivity contribution in [3.8, 4) is 6.07 Å². The van der Waals surface area contributed by atoms with Gasteiger partial charge in [-0.05, 0) is 31.5 Å². The first-order chi connectivity index (χ1) is 7.54. The number of rotatable bonds is 3. The summed E-state index contributed by atoms with van der Waals surface area (Å²) in [5, 5.41) is 9.12. The smallest absolute Gasteiger partial charge is 0.330 e. The fraction of sp³-hybridized carbons (Fsp3) is 0.333. The van der Waals surface area contributed by atoms with Crippen LogP contribution in [0.5, 0.6) is 0 Å². The highest BCUT2D eigenvalue weighted by Gasteiger charge is 2.36. The van der Waals surface area contributed by atoms with E-state index in [1.807, 2.05) is 6.07 Å². The molecule has 0 radical (unpaired) electrons. The van der Waals surface area contributed by atoms with Crippen LogP contribution in [0, 0.1) is 11.3 Å². The highest BCUT2D eigenvalue weighted by Crippen LogP contribution is 2.25. The zero-order valence-corrected chi connectivity index (χ0v) is 9.36. The second-order valence-electron chi connectivity index (χ2n) is 3.58. The van der Waals surface area contributed by atoms with Crippen molar-refractivity contribution in [2.75, 3.05) is 12.3 Å². The van der Waals surface area contributed by atoms with E-state index in [1.165, 1.54) is 6.92 Å². The molecule has 0 fully saturated rings. The molecule has 0 aromatic heterocycles. The number of nitrogens with zero attached hydrogens (tertiary/aromatic N) is 1. The molecule has 1 aromatic carbocycles. The topological polar surface area (TPSA) is 76.1 Å². The van der Waals surface area contributed by atoms with E-state index in [9.17, 15) is 4.79 Å². The van der Waals surface area contributed by atoms with Crippen LogP contribution >= 0.6 is 0 Å². The summed E-state index contributed by atoms with van der Waals surface area (Å²) < 4.78 is 4.89. The van der Waals surface area contributed by atoms with Crippen molar-refractivity contribution >= 4 is 11.7 Å². The fourth-order valence-corrected chi connectivity index (χ4v) is 1.32. The van der Waals surface area contributed by atoms with E-state index in [2.05, 4.69) is 0 Å². The lowest BCUT2D eigenvalue weighted by Gasteiger charge is -2.19. The van der Waals surface area contributed by atoms with Gasteiger partial charge in [0, 0.05) is 5.69 Å². The third-order valence-electron chi connectivity index (χ3n) is 2.40. The van der Waals surface area contributed by atoms with Crippen LogP contribution in [0.2, 0.25) is 0 Å². The van der Waals surface area contributed by atoms with Gasteiger partial charge in [-0.3, -0.25) is 0 Å². The molecule has 0 aliphatic carbocycles. The van der Waals surface area contributed by atoms with Crippen LogP contribution < -0.4 is 5.73 Å². The quantitative estimate of drug-likeness (QED) is 0.617. The van der Waals surface area contributed by atoms with E-state index in [0.29, 0.717) is 11.3 Å². The second-order valence-corrected chi connectivity index (χ2v) is 3.58. The Hall–Kier alpha value is -2.02. The predicted molar refractivity (Wildman–Crippen MR) is 60.5 cm³/mol. The van der Waals surface area contributed by atoms with E-state index in [0.717, 1.165) is 0 Å². The number of carbonyl (C=O) groups excluding carboxylic acids is 1. The van der Waals surface area contributed by atoms with Gasteiger partial charge in [0.25, 0.3) is 0 Å². The molecule has 0 heterocycles. The second kappa shape index (κ2) is 4.67. The molecule has 0 aliphatic rings. The van der Waals surface area contributed by atoms with Crippen molar-refractivity contribution in [1.82, 2.24) is 0 Å². The number of nitrogens with two attached hydrogens (primary N) is 1. The molecule has 2 N–H and O–H groups in total. The zero-order valence-electron chi connectivity index (χ0n) is 9.36. The van der Waals surface area contributed by atoms with Crippen molar-refractivity contribution in [1.29, 1.82) is 5.26 Å². The van der Waals surface area contributed by atoms with E-state index in [1.54, 1.807) is 31.2 Å². The molecule has 0 aliphatic heterocycles. The standard InChI is InChI=1S/C12H14N2O2/c1-3-16-11(15)12(2,8-13)9-4-6-10(14)7-5-9/h4-7H,3,14H2,1-2H3. The lowest BCUT2D eigenvalue weighted by molar-refractivity contribution is -0.147. The molecule has 0 saturated heterocycles. The number of benzene rings is 1. The normalized spacial score (nSPS) is 13.6. The van der Waals surface area contributed by atoms with Crippen molar-refractivity contribution < 1.29 is 9.53 Å². The van der Waals surface area contributed by atoms with E-state index >= 15 is 0 Å². The van der Waals surface area contributed by atoms with Gasteiger partial charge < -0.3 is 10.5 Å². The van der Waals surface area contributed by atoms with Crippen LogP contribution in [-0.2, 0) is 14.9 Å². The summed E-state index contributed by atoms with van der Waals surface area (Å²) in [6.45, 7) is 3.50. The Morgan fingerprint density at radius 3 is 2.50 bits per heavy atom. The molecule has 84 valence electrons. The minimum Gasteiger partial charge on any atom is -0.465 e.